The van der Waals surface area contributed by atoms with Crippen molar-refractivity contribution in [3.63, 3.8) is 0 Å². The second-order valence-electron chi connectivity index (χ2n) is 11.6. The molecule has 0 atom stereocenters. The van der Waals surface area contributed by atoms with Crippen LogP contribution in [0.15, 0.2) is 170 Å². The summed E-state index contributed by atoms with van der Waals surface area (Å²) in [6, 6.07) is 61.9. The summed E-state index contributed by atoms with van der Waals surface area (Å²) in [7, 11) is 0. The van der Waals surface area contributed by atoms with Crippen molar-refractivity contribution in [3.8, 4) is 66.8 Å². The summed E-state index contributed by atoms with van der Waals surface area (Å²) in [5.74, 6) is 0. The van der Waals surface area contributed by atoms with Crippen LogP contribution in [0.5, 0.6) is 0 Å². The van der Waals surface area contributed by atoms with Crippen molar-refractivity contribution in [2.24, 2.45) is 0 Å². The highest BCUT2D eigenvalue weighted by Gasteiger charge is 2.12. The van der Waals surface area contributed by atoms with Crippen LogP contribution in [0.2, 0.25) is 0 Å². The number of hydrogen-bond acceptors (Lipinski definition) is 0. The molecule has 0 spiro atoms. The third-order valence-electron chi connectivity index (χ3n) is 8.40. The molecule has 7 aromatic carbocycles. The first-order chi connectivity index (χ1) is 21.6. The molecule has 0 amide bonds. The van der Waals surface area contributed by atoms with E-state index < -0.39 is 0 Å². The first-order valence-electron chi connectivity index (χ1n) is 15.2. The van der Waals surface area contributed by atoms with E-state index in [0.717, 1.165) is 0 Å². The van der Waals surface area contributed by atoms with Gasteiger partial charge in [0.25, 0.3) is 0 Å². The van der Waals surface area contributed by atoms with Crippen molar-refractivity contribution < 1.29 is 0 Å². The zero-order valence-electron chi connectivity index (χ0n) is 25.2. The number of hydrogen-bond donors (Lipinski definition) is 0. The molecule has 0 saturated carbocycles. The maximum atomic E-state index is 2.34. The van der Waals surface area contributed by atoms with E-state index >= 15 is 0 Å². The zero-order valence-corrected chi connectivity index (χ0v) is 25.2. The summed E-state index contributed by atoms with van der Waals surface area (Å²) in [5, 5.41) is 0. The van der Waals surface area contributed by atoms with Gasteiger partial charge < -0.3 is 0 Å². The van der Waals surface area contributed by atoms with E-state index in [1.165, 1.54) is 77.9 Å². The van der Waals surface area contributed by atoms with E-state index in [9.17, 15) is 0 Å². The molecule has 0 saturated heterocycles. The van der Waals surface area contributed by atoms with Crippen molar-refractivity contribution in [1.29, 1.82) is 0 Å². The standard InChI is InChI=1S/C44H34/c1-31-13-17-35(18-14-31)36-21-23-38(24-22-36)42-26-41(37-19-15-32(2)16-20-37)29-44(30-42)43-27-39(33-9-5-3-6-10-33)25-40(28-43)34-11-7-4-8-12-34/h3-30H,1-2H3. The van der Waals surface area contributed by atoms with Crippen LogP contribution in [0.4, 0.5) is 0 Å². The Kier molecular flexibility index (Phi) is 7.49. The largest absolute Gasteiger partial charge is 0.0622 e. The second kappa shape index (κ2) is 12.0. The summed E-state index contributed by atoms with van der Waals surface area (Å²) in [4.78, 5) is 0. The monoisotopic (exact) mass is 562 g/mol. The van der Waals surface area contributed by atoms with Crippen LogP contribution in [0.1, 0.15) is 11.1 Å². The van der Waals surface area contributed by atoms with Gasteiger partial charge in [-0.05, 0) is 117 Å². The van der Waals surface area contributed by atoms with Gasteiger partial charge >= 0.3 is 0 Å². The van der Waals surface area contributed by atoms with Crippen LogP contribution in [-0.4, -0.2) is 0 Å². The van der Waals surface area contributed by atoms with Crippen molar-refractivity contribution in [1.82, 2.24) is 0 Å². The van der Waals surface area contributed by atoms with Crippen molar-refractivity contribution >= 4 is 0 Å². The molecule has 0 aliphatic heterocycles. The van der Waals surface area contributed by atoms with Crippen LogP contribution in [0.25, 0.3) is 66.8 Å². The lowest BCUT2D eigenvalue weighted by atomic mass is 9.89. The Hall–Kier alpha value is -5.46. The normalized spacial score (nSPS) is 11.0. The first kappa shape index (κ1) is 27.4. The van der Waals surface area contributed by atoms with E-state index in [0.29, 0.717) is 0 Å². The Morgan fingerprint density at radius 2 is 0.409 bits per heavy atom. The third kappa shape index (κ3) is 5.89. The van der Waals surface area contributed by atoms with Crippen LogP contribution in [0, 0.1) is 13.8 Å². The molecular weight excluding hydrogens is 528 g/mol. The predicted octanol–water partition coefficient (Wildman–Crippen LogP) is 12.3. The highest BCUT2D eigenvalue weighted by Crippen LogP contribution is 2.37. The molecule has 0 aliphatic rings. The lowest BCUT2D eigenvalue weighted by Crippen LogP contribution is -1.89. The maximum Gasteiger partial charge on any atom is -0.0171 e. The predicted molar refractivity (Wildman–Crippen MR) is 189 cm³/mol. The summed E-state index contributed by atoms with van der Waals surface area (Å²) < 4.78 is 0. The van der Waals surface area contributed by atoms with Gasteiger partial charge in [-0.2, -0.15) is 0 Å². The van der Waals surface area contributed by atoms with E-state index in [1.807, 2.05) is 0 Å². The topological polar surface area (TPSA) is 0 Å². The minimum atomic E-state index is 1.20. The molecule has 44 heavy (non-hydrogen) atoms. The maximum absolute atomic E-state index is 2.34. The van der Waals surface area contributed by atoms with Crippen LogP contribution < -0.4 is 0 Å². The van der Waals surface area contributed by atoms with Gasteiger partial charge in [-0.15, -0.1) is 0 Å². The Balaban J connectivity index is 1.39. The van der Waals surface area contributed by atoms with E-state index in [-0.39, 0.29) is 0 Å². The van der Waals surface area contributed by atoms with Gasteiger partial charge in [0.05, 0.1) is 0 Å². The minimum absolute atomic E-state index is 1.20. The van der Waals surface area contributed by atoms with Crippen LogP contribution >= 0.6 is 0 Å². The lowest BCUT2D eigenvalue weighted by molar-refractivity contribution is 1.46. The highest BCUT2D eigenvalue weighted by atomic mass is 14.2. The molecule has 0 nitrogen and oxygen atoms in total. The first-order valence-corrected chi connectivity index (χ1v) is 15.2. The summed E-state index contributed by atoms with van der Waals surface area (Å²) >= 11 is 0. The van der Waals surface area contributed by atoms with Crippen molar-refractivity contribution in [3.05, 3.63) is 181 Å². The van der Waals surface area contributed by atoms with Gasteiger partial charge in [0.15, 0.2) is 0 Å². The van der Waals surface area contributed by atoms with Gasteiger partial charge in [-0.25, -0.2) is 0 Å². The molecule has 0 heteroatoms. The van der Waals surface area contributed by atoms with E-state index in [4.69, 9.17) is 0 Å². The molecule has 0 bridgehead atoms. The Labute approximate surface area is 261 Å². The molecule has 0 unspecified atom stereocenters. The molecule has 0 N–H and O–H groups in total. The van der Waals surface area contributed by atoms with Crippen LogP contribution in [0.3, 0.4) is 0 Å². The molecule has 7 rings (SSSR count). The van der Waals surface area contributed by atoms with Gasteiger partial charge in [0.1, 0.15) is 0 Å². The Bertz CT molecular complexity index is 1960. The molecule has 210 valence electrons. The molecule has 0 aromatic heterocycles. The zero-order chi connectivity index (χ0) is 29.9. The summed E-state index contributed by atoms with van der Waals surface area (Å²) in [6.45, 7) is 4.27. The van der Waals surface area contributed by atoms with E-state index in [2.05, 4.69) is 184 Å². The second-order valence-corrected chi connectivity index (χ2v) is 11.6. The smallest absolute Gasteiger partial charge is 0.0171 e. The molecule has 0 heterocycles. The average molecular weight is 563 g/mol. The highest BCUT2D eigenvalue weighted by molar-refractivity contribution is 5.86. The SMILES string of the molecule is Cc1ccc(-c2ccc(-c3cc(-c4ccc(C)cc4)cc(-c4cc(-c5ccccc5)cc(-c5ccccc5)c4)c3)cc2)cc1. The molecule has 0 radical (unpaired) electrons. The summed E-state index contributed by atoms with van der Waals surface area (Å²) in [6.07, 6.45) is 0. The minimum Gasteiger partial charge on any atom is -0.0622 e. The van der Waals surface area contributed by atoms with Gasteiger partial charge in [-0.3, -0.25) is 0 Å². The molecule has 0 aliphatic carbocycles. The average Bonchev–Trinajstić information content (AvgIpc) is 3.09. The molecular formula is C44H34. The van der Waals surface area contributed by atoms with E-state index in [1.54, 1.807) is 0 Å². The number of rotatable bonds is 6. The number of aryl methyl sites for hydroxylation is 2. The van der Waals surface area contributed by atoms with Crippen molar-refractivity contribution in [2.45, 2.75) is 13.8 Å². The van der Waals surface area contributed by atoms with Crippen LogP contribution in [-0.2, 0) is 0 Å². The third-order valence-corrected chi connectivity index (χ3v) is 8.40. The summed E-state index contributed by atoms with van der Waals surface area (Å²) in [5.41, 5.74) is 17.1. The lowest BCUT2D eigenvalue weighted by Gasteiger charge is -2.15. The fraction of sp³-hybridized carbons (Fsp3) is 0.0455. The number of benzene rings is 7. The van der Waals surface area contributed by atoms with Crippen molar-refractivity contribution in [2.75, 3.05) is 0 Å². The van der Waals surface area contributed by atoms with Gasteiger partial charge in [0, 0.05) is 0 Å². The Morgan fingerprint density at radius 1 is 0.205 bits per heavy atom. The molecule has 0 fully saturated rings. The van der Waals surface area contributed by atoms with Gasteiger partial charge in [-0.1, -0.05) is 145 Å². The Morgan fingerprint density at radius 3 is 0.705 bits per heavy atom. The van der Waals surface area contributed by atoms with Gasteiger partial charge in [0.2, 0.25) is 0 Å². The quantitative estimate of drug-likeness (QED) is 0.189. The molecule has 7 aromatic rings. The fourth-order valence-corrected chi connectivity index (χ4v) is 5.86. The fourth-order valence-electron chi connectivity index (χ4n) is 5.86.